The van der Waals surface area contributed by atoms with Crippen molar-refractivity contribution in [2.24, 2.45) is 0 Å². The van der Waals surface area contributed by atoms with E-state index in [0.29, 0.717) is 11.2 Å². The summed E-state index contributed by atoms with van der Waals surface area (Å²) in [6.45, 7) is 2.38. The van der Waals surface area contributed by atoms with Crippen LogP contribution in [-0.2, 0) is 11.4 Å². The van der Waals surface area contributed by atoms with Gasteiger partial charge in [0.05, 0.1) is 15.3 Å². The number of ether oxygens (including phenoxy) is 1. The van der Waals surface area contributed by atoms with E-state index in [1.807, 2.05) is 72.2 Å². The molecule has 0 spiro atoms. The van der Waals surface area contributed by atoms with Gasteiger partial charge in [-0.05, 0) is 36.8 Å². The van der Waals surface area contributed by atoms with Gasteiger partial charge < -0.3 is 10.1 Å². The number of amides is 1. The molecule has 1 aliphatic heterocycles. The molecule has 4 rings (SSSR count). The quantitative estimate of drug-likeness (QED) is 0.433. The Kier molecular flexibility index (Phi) is 7.15. The third-order valence-corrected chi connectivity index (χ3v) is 8.35. The molecule has 154 valence electrons. The SMILES string of the molecule is Cc1nc(COc2ccccc2/C=C/C(=O)Nc2cccc(C3SCCS3)c2)cs1. The Morgan fingerprint density at radius 3 is 2.83 bits per heavy atom. The maximum absolute atomic E-state index is 12.5. The molecule has 0 bridgehead atoms. The van der Waals surface area contributed by atoms with Gasteiger partial charge in [0.2, 0.25) is 5.91 Å². The van der Waals surface area contributed by atoms with E-state index in [1.54, 1.807) is 23.5 Å². The molecule has 3 aromatic rings. The first-order valence-electron chi connectivity index (χ1n) is 9.62. The van der Waals surface area contributed by atoms with E-state index in [2.05, 4.69) is 22.4 Å². The van der Waals surface area contributed by atoms with Crippen molar-refractivity contribution in [1.82, 2.24) is 4.98 Å². The number of para-hydroxylation sites is 1. The fourth-order valence-electron chi connectivity index (χ4n) is 3.04. The zero-order chi connectivity index (χ0) is 20.8. The molecule has 0 atom stereocenters. The van der Waals surface area contributed by atoms with Crippen LogP contribution in [0.15, 0.2) is 60.0 Å². The third kappa shape index (κ3) is 5.68. The van der Waals surface area contributed by atoms with Gasteiger partial charge in [-0.2, -0.15) is 0 Å². The number of rotatable bonds is 7. The lowest BCUT2D eigenvalue weighted by Gasteiger charge is -2.10. The van der Waals surface area contributed by atoms with Crippen LogP contribution in [0.4, 0.5) is 5.69 Å². The smallest absolute Gasteiger partial charge is 0.248 e. The Morgan fingerprint density at radius 2 is 2.03 bits per heavy atom. The molecule has 1 fully saturated rings. The summed E-state index contributed by atoms with van der Waals surface area (Å²) in [5.74, 6) is 2.92. The minimum absolute atomic E-state index is 0.163. The van der Waals surface area contributed by atoms with Gasteiger partial charge in [-0.25, -0.2) is 4.98 Å². The lowest BCUT2D eigenvalue weighted by atomic mass is 10.2. The highest BCUT2D eigenvalue weighted by molar-refractivity contribution is 8.19. The van der Waals surface area contributed by atoms with Gasteiger partial charge >= 0.3 is 0 Å². The van der Waals surface area contributed by atoms with Crippen molar-refractivity contribution in [3.8, 4) is 5.75 Å². The predicted octanol–water partition coefficient (Wildman–Crippen LogP) is 6.16. The summed E-state index contributed by atoms with van der Waals surface area (Å²) in [4.78, 5) is 16.9. The number of hydrogen-bond acceptors (Lipinski definition) is 6. The summed E-state index contributed by atoms with van der Waals surface area (Å²) in [5, 5.41) is 5.98. The number of aryl methyl sites for hydroxylation is 1. The molecule has 0 radical (unpaired) electrons. The molecule has 4 nitrogen and oxygen atoms in total. The van der Waals surface area contributed by atoms with Crippen LogP contribution >= 0.6 is 34.9 Å². The molecule has 1 amide bonds. The summed E-state index contributed by atoms with van der Waals surface area (Å²) >= 11 is 5.52. The molecule has 30 heavy (non-hydrogen) atoms. The number of benzene rings is 2. The van der Waals surface area contributed by atoms with Crippen LogP contribution in [0.3, 0.4) is 0 Å². The molecule has 1 aliphatic rings. The van der Waals surface area contributed by atoms with Gasteiger partial charge in [0, 0.05) is 34.2 Å². The van der Waals surface area contributed by atoms with Gasteiger partial charge in [0.1, 0.15) is 12.4 Å². The number of thioether (sulfide) groups is 2. The fourth-order valence-corrected chi connectivity index (χ4v) is 6.47. The lowest BCUT2D eigenvalue weighted by Crippen LogP contribution is -2.08. The van der Waals surface area contributed by atoms with Gasteiger partial charge in [-0.3, -0.25) is 4.79 Å². The van der Waals surface area contributed by atoms with Crippen LogP contribution in [0.1, 0.15) is 26.4 Å². The highest BCUT2D eigenvalue weighted by Crippen LogP contribution is 2.45. The van der Waals surface area contributed by atoms with E-state index in [1.165, 1.54) is 17.1 Å². The van der Waals surface area contributed by atoms with Crippen LogP contribution in [0.25, 0.3) is 6.08 Å². The topological polar surface area (TPSA) is 51.2 Å². The average Bonchev–Trinajstić information content (AvgIpc) is 3.43. The van der Waals surface area contributed by atoms with E-state index in [-0.39, 0.29) is 5.91 Å². The van der Waals surface area contributed by atoms with E-state index in [4.69, 9.17) is 4.74 Å². The highest BCUT2D eigenvalue weighted by Gasteiger charge is 2.18. The van der Waals surface area contributed by atoms with Crippen LogP contribution in [0.2, 0.25) is 0 Å². The second kappa shape index (κ2) is 10.2. The molecule has 2 aromatic carbocycles. The van der Waals surface area contributed by atoms with Gasteiger partial charge in [-0.15, -0.1) is 34.9 Å². The number of carbonyl (C=O) groups is 1. The highest BCUT2D eigenvalue weighted by atomic mass is 32.2. The molecular weight excluding hydrogens is 432 g/mol. The van der Waals surface area contributed by atoms with Crippen molar-refractivity contribution in [3.63, 3.8) is 0 Å². The molecular formula is C23H22N2O2S3. The zero-order valence-corrected chi connectivity index (χ0v) is 19.0. The van der Waals surface area contributed by atoms with Crippen LogP contribution in [0.5, 0.6) is 5.75 Å². The lowest BCUT2D eigenvalue weighted by molar-refractivity contribution is -0.111. The van der Waals surface area contributed by atoms with Crippen LogP contribution in [0, 0.1) is 6.92 Å². The zero-order valence-electron chi connectivity index (χ0n) is 16.5. The number of nitrogens with zero attached hydrogens (tertiary/aromatic N) is 1. The Hall–Kier alpha value is -2.22. The Labute approximate surface area is 189 Å². The first-order chi connectivity index (χ1) is 14.7. The van der Waals surface area contributed by atoms with Crippen molar-refractivity contribution < 1.29 is 9.53 Å². The number of hydrogen-bond donors (Lipinski definition) is 1. The predicted molar refractivity (Wildman–Crippen MR) is 129 cm³/mol. The van der Waals surface area contributed by atoms with Crippen LogP contribution in [-0.4, -0.2) is 22.4 Å². The molecule has 1 aromatic heterocycles. The van der Waals surface area contributed by atoms with Crippen molar-refractivity contribution in [1.29, 1.82) is 0 Å². The second-order valence-electron chi connectivity index (χ2n) is 6.71. The summed E-state index contributed by atoms with van der Waals surface area (Å²) in [6.07, 6.45) is 3.32. The maximum Gasteiger partial charge on any atom is 0.248 e. The second-order valence-corrected chi connectivity index (χ2v) is 10.5. The van der Waals surface area contributed by atoms with E-state index >= 15 is 0 Å². The minimum atomic E-state index is -0.163. The Balaban J connectivity index is 1.39. The first-order valence-corrected chi connectivity index (χ1v) is 12.6. The summed E-state index contributed by atoms with van der Waals surface area (Å²) in [6, 6.07) is 15.8. The van der Waals surface area contributed by atoms with Crippen molar-refractivity contribution in [3.05, 3.63) is 81.8 Å². The van der Waals surface area contributed by atoms with Crippen molar-refractivity contribution in [2.45, 2.75) is 18.1 Å². The third-order valence-electron chi connectivity index (χ3n) is 4.42. The van der Waals surface area contributed by atoms with E-state index in [9.17, 15) is 4.79 Å². The number of aromatic nitrogens is 1. The first kappa shape index (κ1) is 21.0. The largest absolute Gasteiger partial charge is 0.487 e. The standard InChI is InChI=1S/C23H22N2O2S3/c1-16-24-20(15-30-16)14-27-21-8-3-2-5-17(21)9-10-22(26)25-19-7-4-6-18(13-19)23-28-11-12-29-23/h2-10,13,15,23H,11-12,14H2,1H3,(H,25,26)/b10-9+. The average molecular weight is 455 g/mol. The molecule has 0 aliphatic carbocycles. The summed E-state index contributed by atoms with van der Waals surface area (Å²) in [7, 11) is 0. The van der Waals surface area contributed by atoms with Gasteiger partial charge in [0.15, 0.2) is 0 Å². The molecule has 1 saturated heterocycles. The summed E-state index contributed by atoms with van der Waals surface area (Å²) in [5.41, 5.74) is 3.83. The Morgan fingerprint density at radius 1 is 1.20 bits per heavy atom. The summed E-state index contributed by atoms with van der Waals surface area (Å²) < 4.78 is 6.38. The van der Waals surface area contributed by atoms with Crippen LogP contribution < -0.4 is 10.1 Å². The normalized spacial score (nSPS) is 14.3. The number of carbonyl (C=O) groups excluding carboxylic acids is 1. The van der Waals surface area contributed by atoms with Crippen molar-refractivity contribution >= 4 is 52.5 Å². The number of nitrogens with one attached hydrogen (secondary N) is 1. The monoisotopic (exact) mass is 454 g/mol. The Bertz CT molecular complexity index is 1040. The molecule has 0 saturated carbocycles. The molecule has 7 heteroatoms. The maximum atomic E-state index is 12.5. The molecule has 0 unspecified atom stereocenters. The van der Waals surface area contributed by atoms with E-state index in [0.717, 1.165) is 27.7 Å². The van der Waals surface area contributed by atoms with E-state index < -0.39 is 0 Å². The van der Waals surface area contributed by atoms with Gasteiger partial charge in [-0.1, -0.05) is 30.3 Å². The fraction of sp³-hybridized carbons (Fsp3) is 0.217. The minimum Gasteiger partial charge on any atom is -0.487 e. The van der Waals surface area contributed by atoms with Gasteiger partial charge in [0.25, 0.3) is 0 Å². The van der Waals surface area contributed by atoms with Crippen molar-refractivity contribution in [2.75, 3.05) is 16.8 Å². The number of anilines is 1. The molecule has 1 N–H and O–H groups in total. The molecule has 2 heterocycles. The number of thiazole rings is 1.